The lowest BCUT2D eigenvalue weighted by atomic mass is 10.1. The van der Waals surface area contributed by atoms with Gasteiger partial charge in [0.05, 0.1) is 6.10 Å². The highest BCUT2D eigenvalue weighted by Crippen LogP contribution is 2.07. The summed E-state index contributed by atoms with van der Waals surface area (Å²) in [6.45, 7) is 8.79. The molecule has 0 aliphatic carbocycles. The third-order valence-electron chi connectivity index (χ3n) is 1.39. The molecule has 0 heterocycles. The van der Waals surface area contributed by atoms with E-state index in [0.29, 0.717) is 6.42 Å². The van der Waals surface area contributed by atoms with Crippen LogP contribution in [0.5, 0.6) is 0 Å². The monoisotopic (exact) mass is 168 g/mol. The molecule has 1 unspecified atom stereocenters. The molecule has 1 atom stereocenters. The minimum atomic E-state index is -0.299. The van der Waals surface area contributed by atoms with Gasteiger partial charge in [-0.25, -0.2) is 0 Å². The molecule has 2 N–H and O–H groups in total. The third kappa shape index (κ3) is 7.09. The molecular formula is C10H16O2. The van der Waals surface area contributed by atoms with Crippen LogP contribution in [0.4, 0.5) is 0 Å². The lowest BCUT2D eigenvalue weighted by Crippen LogP contribution is -1.98. The summed E-state index contributed by atoms with van der Waals surface area (Å²) < 4.78 is 0. The van der Waals surface area contributed by atoms with Crippen LogP contribution in [-0.2, 0) is 0 Å². The number of hydrogen-bond donors (Lipinski definition) is 2. The van der Waals surface area contributed by atoms with Crippen molar-refractivity contribution in [1.29, 1.82) is 0 Å². The van der Waals surface area contributed by atoms with Crippen LogP contribution in [0.15, 0.2) is 36.6 Å². The highest BCUT2D eigenvalue weighted by atomic mass is 16.3. The van der Waals surface area contributed by atoms with Crippen molar-refractivity contribution < 1.29 is 10.2 Å². The Hall–Kier alpha value is -1.02. The van der Waals surface area contributed by atoms with Crippen molar-refractivity contribution in [3.05, 3.63) is 36.6 Å². The van der Waals surface area contributed by atoms with Crippen molar-refractivity contribution >= 4 is 0 Å². The maximum atomic E-state index is 8.95. The van der Waals surface area contributed by atoms with E-state index in [9.17, 15) is 0 Å². The Labute approximate surface area is 73.5 Å². The fourth-order valence-electron chi connectivity index (χ4n) is 0.692. The molecule has 2 nitrogen and oxygen atoms in total. The molecule has 0 aromatic heterocycles. The first-order valence-corrected chi connectivity index (χ1v) is 3.94. The zero-order valence-electron chi connectivity index (χ0n) is 7.45. The molecule has 0 spiro atoms. The molecule has 0 aliphatic rings. The number of aliphatic hydroxyl groups is 2. The van der Waals surface area contributed by atoms with E-state index in [1.54, 1.807) is 13.0 Å². The van der Waals surface area contributed by atoms with Crippen molar-refractivity contribution in [2.75, 3.05) is 0 Å². The van der Waals surface area contributed by atoms with Gasteiger partial charge in [-0.2, -0.15) is 0 Å². The number of rotatable bonds is 5. The summed E-state index contributed by atoms with van der Waals surface area (Å²) in [6.07, 6.45) is 4.32. The Kier molecular flexibility index (Phi) is 5.13. The quantitative estimate of drug-likeness (QED) is 0.488. The molecule has 0 bridgehead atoms. The van der Waals surface area contributed by atoms with Gasteiger partial charge in [0.25, 0.3) is 0 Å². The first kappa shape index (κ1) is 11.0. The molecule has 0 rings (SSSR count). The molecule has 0 fully saturated rings. The SMILES string of the molecule is C=C(O)/C=C\C(=C)CCC(C)O. The third-order valence-corrected chi connectivity index (χ3v) is 1.39. The second-order valence-electron chi connectivity index (χ2n) is 2.87. The van der Waals surface area contributed by atoms with E-state index in [1.165, 1.54) is 6.08 Å². The lowest BCUT2D eigenvalue weighted by molar-refractivity contribution is 0.185. The van der Waals surface area contributed by atoms with Crippen molar-refractivity contribution in [3.63, 3.8) is 0 Å². The normalized spacial score (nSPS) is 13.2. The van der Waals surface area contributed by atoms with E-state index in [4.69, 9.17) is 10.2 Å². The fourth-order valence-corrected chi connectivity index (χ4v) is 0.692. The average Bonchev–Trinajstić information content (AvgIpc) is 1.96. The van der Waals surface area contributed by atoms with Crippen molar-refractivity contribution in [3.8, 4) is 0 Å². The molecule has 0 saturated carbocycles. The molecule has 68 valence electrons. The average molecular weight is 168 g/mol. The van der Waals surface area contributed by atoms with E-state index in [0.717, 1.165) is 12.0 Å². The first-order chi connectivity index (χ1) is 5.52. The largest absolute Gasteiger partial charge is 0.509 e. The Bertz CT molecular complexity index is 190. The zero-order chi connectivity index (χ0) is 9.56. The molecule has 0 radical (unpaired) electrons. The van der Waals surface area contributed by atoms with E-state index in [2.05, 4.69) is 13.2 Å². The predicted octanol–water partition coefficient (Wildman–Crippen LogP) is 2.33. The smallest absolute Gasteiger partial charge is 0.108 e. The Morgan fingerprint density at radius 2 is 2.00 bits per heavy atom. The van der Waals surface area contributed by atoms with Crippen molar-refractivity contribution in [2.45, 2.75) is 25.9 Å². The first-order valence-electron chi connectivity index (χ1n) is 3.94. The molecule has 0 saturated heterocycles. The highest BCUT2D eigenvalue weighted by Gasteiger charge is 1.95. The van der Waals surface area contributed by atoms with Gasteiger partial charge in [0.2, 0.25) is 0 Å². The van der Waals surface area contributed by atoms with Crippen molar-refractivity contribution in [1.82, 2.24) is 0 Å². The summed E-state index contributed by atoms with van der Waals surface area (Å²) in [7, 11) is 0. The van der Waals surface area contributed by atoms with Crippen LogP contribution >= 0.6 is 0 Å². The van der Waals surface area contributed by atoms with Gasteiger partial charge < -0.3 is 10.2 Å². The van der Waals surface area contributed by atoms with Crippen LogP contribution in [0.3, 0.4) is 0 Å². The van der Waals surface area contributed by atoms with Gasteiger partial charge in [-0.15, -0.1) is 0 Å². The Balaban J connectivity index is 3.67. The number of allylic oxidation sites excluding steroid dienone is 3. The van der Waals surface area contributed by atoms with Crippen LogP contribution < -0.4 is 0 Å². The molecule has 2 heteroatoms. The van der Waals surface area contributed by atoms with Crippen LogP contribution in [0, 0.1) is 0 Å². The van der Waals surface area contributed by atoms with Gasteiger partial charge >= 0.3 is 0 Å². The fraction of sp³-hybridized carbons (Fsp3) is 0.400. The minimum absolute atomic E-state index is 0.0215. The summed E-state index contributed by atoms with van der Waals surface area (Å²) in [5.41, 5.74) is 0.881. The summed E-state index contributed by atoms with van der Waals surface area (Å²) in [6, 6.07) is 0. The van der Waals surface area contributed by atoms with Gasteiger partial charge in [0, 0.05) is 0 Å². The van der Waals surface area contributed by atoms with E-state index in [1.807, 2.05) is 0 Å². The van der Waals surface area contributed by atoms with E-state index >= 15 is 0 Å². The van der Waals surface area contributed by atoms with Crippen LogP contribution in [-0.4, -0.2) is 16.3 Å². The summed E-state index contributed by atoms with van der Waals surface area (Å²) in [5.74, 6) is 0.0215. The van der Waals surface area contributed by atoms with Crippen molar-refractivity contribution in [2.24, 2.45) is 0 Å². The predicted molar refractivity (Wildman–Crippen MR) is 51.0 cm³/mol. The summed E-state index contributed by atoms with van der Waals surface area (Å²) in [5, 5.41) is 17.7. The maximum absolute atomic E-state index is 8.95. The standard InChI is InChI=1S/C10H16O2/c1-8(4-6-9(2)11)5-7-10(3)12/h4,6,10-12H,1-2,5,7H2,3H3/b6-4-. The molecule has 0 aromatic rings. The molecule has 12 heavy (non-hydrogen) atoms. The minimum Gasteiger partial charge on any atom is -0.509 e. The lowest BCUT2D eigenvalue weighted by Gasteiger charge is -2.02. The summed E-state index contributed by atoms with van der Waals surface area (Å²) in [4.78, 5) is 0. The van der Waals surface area contributed by atoms with Gasteiger partial charge in [0.15, 0.2) is 0 Å². The Morgan fingerprint density at radius 1 is 1.42 bits per heavy atom. The second kappa shape index (κ2) is 5.61. The van der Waals surface area contributed by atoms with Crippen LogP contribution in [0.25, 0.3) is 0 Å². The van der Waals surface area contributed by atoms with Crippen LogP contribution in [0.2, 0.25) is 0 Å². The molecule has 0 amide bonds. The number of hydrogen-bond acceptors (Lipinski definition) is 2. The zero-order valence-corrected chi connectivity index (χ0v) is 7.45. The van der Waals surface area contributed by atoms with Crippen LogP contribution in [0.1, 0.15) is 19.8 Å². The summed E-state index contributed by atoms with van der Waals surface area (Å²) >= 11 is 0. The topological polar surface area (TPSA) is 40.5 Å². The van der Waals surface area contributed by atoms with Gasteiger partial charge in [-0.3, -0.25) is 0 Å². The molecular weight excluding hydrogens is 152 g/mol. The molecule has 0 aliphatic heterocycles. The second-order valence-corrected chi connectivity index (χ2v) is 2.87. The van der Waals surface area contributed by atoms with Gasteiger partial charge in [-0.05, 0) is 25.8 Å². The molecule has 0 aromatic carbocycles. The highest BCUT2D eigenvalue weighted by molar-refractivity contribution is 5.20. The van der Waals surface area contributed by atoms with E-state index < -0.39 is 0 Å². The maximum Gasteiger partial charge on any atom is 0.108 e. The van der Waals surface area contributed by atoms with Gasteiger partial charge in [0.1, 0.15) is 5.76 Å². The Morgan fingerprint density at radius 3 is 2.42 bits per heavy atom. The van der Waals surface area contributed by atoms with Gasteiger partial charge in [-0.1, -0.05) is 24.8 Å². The number of aliphatic hydroxyl groups excluding tert-OH is 2. The van der Waals surface area contributed by atoms with E-state index in [-0.39, 0.29) is 11.9 Å².